The largest absolute Gasteiger partial charge is 0.496 e. The molecule has 0 spiro atoms. The highest BCUT2D eigenvalue weighted by atomic mass is 16.5. The van der Waals surface area contributed by atoms with Gasteiger partial charge in [-0.2, -0.15) is 0 Å². The summed E-state index contributed by atoms with van der Waals surface area (Å²) in [7, 11) is 3.86. The quantitative estimate of drug-likeness (QED) is 0.921. The monoisotopic (exact) mass is 288 g/mol. The SMILES string of the molecule is COc1ccccc1CC(=O)NC1CC2CCC(C1)N2C. The molecule has 21 heavy (non-hydrogen) atoms. The van der Waals surface area contributed by atoms with Crippen LogP contribution in [-0.4, -0.2) is 43.1 Å². The fourth-order valence-electron chi connectivity index (χ4n) is 3.83. The third-order valence-corrected chi connectivity index (χ3v) is 5.01. The zero-order valence-corrected chi connectivity index (χ0v) is 12.8. The molecule has 1 N–H and O–H groups in total. The number of para-hydroxylation sites is 1. The van der Waals surface area contributed by atoms with E-state index in [1.54, 1.807) is 7.11 Å². The molecule has 1 aromatic rings. The van der Waals surface area contributed by atoms with Crippen molar-refractivity contribution in [3.05, 3.63) is 29.8 Å². The van der Waals surface area contributed by atoms with E-state index in [0.29, 0.717) is 24.5 Å². The van der Waals surface area contributed by atoms with Gasteiger partial charge in [-0.15, -0.1) is 0 Å². The summed E-state index contributed by atoms with van der Waals surface area (Å²) in [4.78, 5) is 14.8. The molecule has 114 valence electrons. The first-order chi connectivity index (χ1) is 10.2. The molecule has 0 saturated carbocycles. The summed E-state index contributed by atoms with van der Waals surface area (Å²) in [5.74, 6) is 0.893. The predicted octanol–water partition coefficient (Wildman–Crippen LogP) is 1.98. The highest BCUT2D eigenvalue weighted by Crippen LogP contribution is 2.34. The predicted molar refractivity (Wildman–Crippen MR) is 82.4 cm³/mol. The Kier molecular flexibility index (Phi) is 4.15. The van der Waals surface area contributed by atoms with Crippen LogP contribution in [0.25, 0.3) is 0 Å². The summed E-state index contributed by atoms with van der Waals surface area (Å²) in [5, 5.41) is 3.22. The molecule has 2 aliphatic rings. The first kappa shape index (κ1) is 14.4. The average Bonchev–Trinajstić information content (AvgIpc) is 2.70. The van der Waals surface area contributed by atoms with E-state index < -0.39 is 0 Å². The van der Waals surface area contributed by atoms with Gasteiger partial charge in [-0.05, 0) is 38.8 Å². The van der Waals surface area contributed by atoms with Gasteiger partial charge in [0.1, 0.15) is 5.75 Å². The van der Waals surface area contributed by atoms with Crippen molar-refractivity contribution in [2.45, 2.75) is 50.2 Å². The van der Waals surface area contributed by atoms with Gasteiger partial charge in [-0.3, -0.25) is 4.79 Å². The molecule has 1 aromatic carbocycles. The van der Waals surface area contributed by atoms with Crippen LogP contribution in [0.5, 0.6) is 5.75 Å². The van der Waals surface area contributed by atoms with Crippen molar-refractivity contribution in [2.75, 3.05) is 14.2 Å². The number of fused-ring (bicyclic) bond motifs is 2. The smallest absolute Gasteiger partial charge is 0.224 e. The van der Waals surface area contributed by atoms with Crippen LogP contribution in [0, 0.1) is 0 Å². The molecule has 3 rings (SSSR count). The van der Waals surface area contributed by atoms with Gasteiger partial charge in [-0.1, -0.05) is 18.2 Å². The van der Waals surface area contributed by atoms with Gasteiger partial charge in [0.2, 0.25) is 5.91 Å². The summed E-state index contributed by atoms with van der Waals surface area (Å²) >= 11 is 0. The maximum Gasteiger partial charge on any atom is 0.224 e. The van der Waals surface area contributed by atoms with Crippen LogP contribution >= 0.6 is 0 Å². The molecule has 2 atom stereocenters. The lowest BCUT2D eigenvalue weighted by Gasteiger charge is -2.36. The molecular formula is C17H24N2O2. The number of nitrogens with zero attached hydrogens (tertiary/aromatic N) is 1. The fraction of sp³-hybridized carbons (Fsp3) is 0.588. The van der Waals surface area contributed by atoms with Crippen LogP contribution < -0.4 is 10.1 Å². The summed E-state index contributed by atoms with van der Waals surface area (Å²) in [5.41, 5.74) is 0.952. The van der Waals surface area contributed by atoms with Gasteiger partial charge >= 0.3 is 0 Å². The first-order valence-corrected chi connectivity index (χ1v) is 7.80. The third kappa shape index (κ3) is 3.05. The molecule has 4 heteroatoms. The zero-order valence-electron chi connectivity index (χ0n) is 12.8. The van der Waals surface area contributed by atoms with E-state index in [-0.39, 0.29) is 5.91 Å². The molecule has 2 bridgehead atoms. The van der Waals surface area contributed by atoms with Gasteiger partial charge in [0, 0.05) is 23.7 Å². The minimum atomic E-state index is 0.105. The maximum absolute atomic E-state index is 12.3. The minimum absolute atomic E-state index is 0.105. The molecule has 0 aromatic heterocycles. The fourth-order valence-corrected chi connectivity index (χ4v) is 3.83. The Morgan fingerprint density at radius 3 is 2.62 bits per heavy atom. The van der Waals surface area contributed by atoms with Gasteiger partial charge in [-0.25, -0.2) is 0 Å². The molecule has 2 saturated heterocycles. The summed E-state index contributed by atoms with van der Waals surface area (Å²) < 4.78 is 5.31. The lowest BCUT2D eigenvalue weighted by atomic mass is 9.97. The second kappa shape index (κ2) is 6.06. The van der Waals surface area contributed by atoms with E-state index >= 15 is 0 Å². The lowest BCUT2D eigenvalue weighted by Crippen LogP contribution is -2.49. The number of hydrogen-bond donors (Lipinski definition) is 1. The van der Waals surface area contributed by atoms with E-state index in [2.05, 4.69) is 17.3 Å². The van der Waals surface area contributed by atoms with Crippen LogP contribution in [0.3, 0.4) is 0 Å². The van der Waals surface area contributed by atoms with Gasteiger partial charge < -0.3 is 15.0 Å². The molecule has 2 aliphatic heterocycles. The third-order valence-electron chi connectivity index (χ3n) is 5.01. The molecule has 0 aliphatic carbocycles. The number of amides is 1. The number of piperidine rings is 1. The highest BCUT2D eigenvalue weighted by molar-refractivity contribution is 5.79. The van der Waals surface area contributed by atoms with Crippen LogP contribution in [-0.2, 0) is 11.2 Å². The summed E-state index contributed by atoms with van der Waals surface area (Å²) in [6, 6.07) is 9.37. The summed E-state index contributed by atoms with van der Waals surface area (Å²) in [6.07, 6.45) is 5.13. The summed E-state index contributed by atoms with van der Waals surface area (Å²) in [6.45, 7) is 0. The minimum Gasteiger partial charge on any atom is -0.496 e. The van der Waals surface area contributed by atoms with Crippen molar-refractivity contribution in [1.29, 1.82) is 0 Å². The molecule has 1 amide bonds. The molecular weight excluding hydrogens is 264 g/mol. The Bertz CT molecular complexity index is 503. The van der Waals surface area contributed by atoms with E-state index in [4.69, 9.17) is 4.74 Å². The van der Waals surface area contributed by atoms with Crippen LogP contribution in [0.4, 0.5) is 0 Å². The Labute approximate surface area is 126 Å². The van der Waals surface area contributed by atoms with Gasteiger partial charge in [0.25, 0.3) is 0 Å². The lowest BCUT2D eigenvalue weighted by molar-refractivity contribution is -0.121. The number of benzene rings is 1. The molecule has 2 unspecified atom stereocenters. The highest BCUT2D eigenvalue weighted by Gasteiger charge is 2.38. The van der Waals surface area contributed by atoms with Crippen LogP contribution in [0.1, 0.15) is 31.2 Å². The Morgan fingerprint density at radius 1 is 1.29 bits per heavy atom. The van der Waals surface area contributed by atoms with Gasteiger partial charge in [0.15, 0.2) is 0 Å². The van der Waals surface area contributed by atoms with Crippen LogP contribution in [0.2, 0.25) is 0 Å². The average molecular weight is 288 g/mol. The standard InChI is InChI=1S/C17H24N2O2/c1-19-14-7-8-15(19)11-13(10-14)18-17(20)9-12-5-3-4-6-16(12)21-2/h3-6,13-15H,7-11H2,1-2H3,(H,18,20). The molecule has 4 nitrogen and oxygen atoms in total. The number of carbonyl (C=O) groups excluding carboxylic acids is 1. The maximum atomic E-state index is 12.3. The second-order valence-electron chi connectivity index (χ2n) is 6.27. The van der Waals surface area contributed by atoms with Gasteiger partial charge in [0.05, 0.1) is 13.5 Å². The van der Waals surface area contributed by atoms with Crippen molar-refractivity contribution < 1.29 is 9.53 Å². The topological polar surface area (TPSA) is 41.6 Å². The van der Waals surface area contributed by atoms with Crippen molar-refractivity contribution in [3.63, 3.8) is 0 Å². The normalized spacial score (nSPS) is 28.4. The molecule has 2 fully saturated rings. The number of carbonyl (C=O) groups is 1. The van der Waals surface area contributed by atoms with Crippen molar-refractivity contribution in [1.82, 2.24) is 10.2 Å². The number of rotatable bonds is 4. The number of hydrogen-bond acceptors (Lipinski definition) is 3. The van der Waals surface area contributed by atoms with E-state index in [0.717, 1.165) is 24.2 Å². The van der Waals surface area contributed by atoms with E-state index in [9.17, 15) is 4.79 Å². The number of ether oxygens (including phenoxy) is 1. The zero-order chi connectivity index (χ0) is 14.8. The van der Waals surface area contributed by atoms with Crippen molar-refractivity contribution in [3.8, 4) is 5.75 Å². The number of methoxy groups -OCH3 is 1. The Hall–Kier alpha value is -1.55. The number of nitrogens with one attached hydrogen (secondary N) is 1. The van der Waals surface area contributed by atoms with E-state index in [1.807, 2.05) is 24.3 Å². The Balaban J connectivity index is 1.57. The molecule has 2 heterocycles. The first-order valence-electron chi connectivity index (χ1n) is 7.80. The van der Waals surface area contributed by atoms with Crippen molar-refractivity contribution in [2.24, 2.45) is 0 Å². The molecule has 0 radical (unpaired) electrons. The van der Waals surface area contributed by atoms with Crippen molar-refractivity contribution >= 4 is 5.91 Å². The van der Waals surface area contributed by atoms with E-state index in [1.165, 1.54) is 12.8 Å². The second-order valence-corrected chi connectivity index (χ2v) is 6.27. The van der Waals surface area contributed by atoms with Crippen LogP contribution in [0.15, 0.2) is 24.3 Å². The Morgan fingerprint density at radius 2 is 1.95 bits per heavy atom.